The lowest BCUT2D eigenvalue weighted by molar-refractivity contribution is -0.104. The van der Waals surface area contributed by atoms with Gasteiger partial charge in [0.1, 0.15) is 20.0 Å². The number of hydrogen-bond donors (Lipinski definition) is 1. The zero-order valence-corrected chi connectivity index (χ0v) is 11.1. The molecule has 16 heavy (non-hydrogen) atoms. The molecule has 0 aliphatic rings. The molecule has 2 nitrogen and oxygen atoms in total. The SMILES string of the molecule is C=C(C)/C=C(C=O)\C(=C/C)CC[P+](C)=CO. The number of aliphatic hydroxyl groups excluding tert-OH is 1. The molecule has 0 amide bonds. The first kappa shape index (κ1) is 15.0. The molecule has 0 aromatic heterocycles. The number of carbonyl (C=O) groups is 1. The largest absolute Gasteiger partial charge is 0.332 e. The van der Waals surface area contributed by atoms with E-state index in [1.807, 2.05) is 26.6 Å². The van der Waals surface area contributed by atoms with Gasteiger partial charge in [0.15, 0.2) is 0 Å². The summed E-state index contributed by atoms with van der Waals surface area (Å²) in [6.07, 6.45) is 6.32. The summed E-state index contributed by atoms with van der Waals surface area (Å²) in [5.74, 6) is 1.26. The lowest BCUT2D eigenvalue weighted by Crippen LogP contribution is -1.94. The van der Waals surface area contributed by atoms with Crippen LogP contribution in [0.15, 0.2) is 35.5 Å². The van der Waals surface area contributed by atoms with Crippen molar-refractivity contribution in [2.45, 2.75) is 20.3 Å². The van der Waals surface area contributed by atoms with Crippen molar-refractivity contribution in [2.24, 2.45) is 0 Å². The first-order valence-electron chi connectivity index (χ1n) is 5.20. The molecule has 1 atom stereocenters. The van der Waals surface area contributed by atoms with Crippen LogP contribution in [0.3, 0.4) is 0 Å². The van der Waals surface area contributed by atoms with E-state index in [0.29, 0.717) is 5.57 Å². The highest BCUT2D eigenvalue weighted by Gasteiger charge is 2.08. The third kappa shape index (κ3) is 5.79. The molecule has 0 saturated heterocycles. The summed E-state index contributed by atoms with van der Waals surface area (Å²) in [6.45, 7) is 9.56. The second-order valence-electron chi connectivity index (χ2n) is 3.72. The van der Waals surface area contributed by atoms with E-state index in [1.165, 1.54) is 5.98 Å². The molecule has 1 N–H and O–H groups in total. The maximum atomic E-state index is 11.0. The van der Waals surface area contributed by atoms with Gasteiger partial charge in [-0.2, -0.15) is 0 Å². The van der Waals surface area contributed by atoms with Crippen LogP contribution in [0.1, 0.15) is 20.3 Å². The standard InChI is InChI=1S/C13H19O2P/c1-5-12(6-7-16(4)10-15)13(9-14)8-11(2)3/h5,8-10H,2,6-7H2,1,3-4H3/p+1/b12-5-,13-8-. The first-order valence-corrected chi connectivity index (χ1v) is 7.25. The van der Waals surface area contributed by atoms with Crippen LogP contribution < -0.4 is 0 Å². The van der Waals surface area contributed by atoms with Gasteiger partial charge in [-0.05, 0) is 25.5 Å². The Morgan fingerprint density at radius 2 is 2.12 bits per heavy atom. The molecule has 0 spiro atoms. The van der Waals surface area contributed by atoms with Gasteiger partial charge in [0, 0.05) is 12.0 Å². The molecular formula is C13H20O2P+. The Bertz CT molecular complexity index is 349. The molecule has 0 saturated carbocycles. The van der Waals surface area contributed by atoms with Gasteiger partial charge in [-0.1, -0.05) is 18.2 Å². The number of aliphatic hydroxyl groups is 1. The Morgan fingerprint density at radius 3 is 2.50 bits per heavy atom. The highest BCUT2D eigenvalue weighted by molar-refractivity contribution is 7.56. The maximum Gasteiger partial charge on any atom is 0.209 e. The van der Waals surface area contributed by atoms with Gasteiger partial charge in [-0.15, -0.1) is 0 Å². The number of aldehydes is 1. The molecule has 0 aromatic rings. The van der Waals surface area contributed by atoms with Gasteiger partial charge in [-0.25, -0.2) is 0 Å². The zero-order valence-electron chi connectivity index (χ0n) is 10.2. The van der Waals surface area contributed by atoms with Crippen molar-refractivity contribution in [3.8, 4) is 0 Å². The quantitative estimate of drug-likeness (QED) is 0.334. The average molecular weight is 239 g/mol. The fourth-order valence-corrected chi connectivity index (χ4v) is 1.99. The van der Waals surface area contributed by atoms with Crippen LogP contribution in [0, 0.1) is 0 Å². The first-order chi connectivity index (χ1) is 7.54. The van der Waals surface area contributed by atoms with Gasteiger partial charge in [-0.3, -0.25) is 4.79 Å². The Kier molecular flexibility index (Phi) is 7.70. The van der Waals surface area contributed by atoms with Crippen LogP contribution in [0.2, 0.25) is 0 Å². The van der Waals surface area contributed by atoms with Gasteiger partial charge >= 0.3 is 0 Å². The second-order valence-corrected chi connectivity index (χ2v) is 5.92. The van der Waals surface area contributed by atoms with E-state index in [-0.39, 0.29) is 0 Å². The molecule has 0 rings (SSSR count). The van der Waals surface area contributed by atoms with Crippen molar-refractivity contribution in [3.05, 3.63) is 35.5 Å². The molecule has 0 aliphatic carbocycles. The lowest BCUT2D eigenvalue weighted by atomic mass is 10.0. The Hall–Kier alpha value is -0.980. The summed E-state index contributed by atoms with van der Waals surface area (Å²) >= 11 is 0. The highest BCUT2D eigenvalue weighted by atomic mass is 31.1. The Morgan fingerprint density at radius 1 is 1.50 bits per heavy atom. The molecular weight excluding hydrogens is 219 g/mol. The fourth-order valence-electron chi connectivity index (χ4n) is 1.28. The van der Waals surface area contributed by atoms with E-state index < -0.39 is 7.55 Å². The molecule has 0 fully saturated rings. The van der Waals surface area contributed by atoms with Crippen LogP contribution in [-0.2, 0) is 4.79 Å². The summed E-state index contributed by atoms with van der Waals surface area (Å²) in [5.41, 5.74) is 2.58. The monoisotopic (exact) mass is 239 g/mol. The molecule has 0 bridgehead atoms. The van der Waals surface area contributed by atoms with Crippen LogP contribution >= 0.6 is 7.55 Å². The van der Waals surface area contributed by atoms with Gasteiger partial charge in [0.2, 0.25) is 5.98 Å². The third-order valence-corrected chi connectivity index (χ3v) is 3.50. The van der Waals surface area contributed by atoms with Crippen molar-refractivity contribution in [3.63, 3.8) is 0 Å². The normalized spacial score (nSPS) is 13.9. The van der Waals surface area contributed by atoms with E-state index in [9.17, 15) is 4.79 Å². The number of hydrogen-bond acceptors (Lipinski definition) is 1. The molecule has 0 aromatic carbocycles. The molecule has 1 unspecified atom stereocenters. The van der Waals surface area contributed by atoms with E-state index in [1.54, 1.807) is 6.08 Å². The van der Waals surface area contributed by atoms with Crippen LogP contribution in [0.25, 0.3) is 0 Å². The molecule has 88 valence electrons. The summed E-state index contributed by atoms with van der Waals surface area (Å²) in [7, 11) is -0.443. The number of allylic oxidation sites excluding steroid dienone is 5. The van der Waals surface area contributed by atoms with E-state index in [4.69, 9.17) is 5.11 Å². The minimum atomic E-state index is -0.443. The van der Waals surface area contributed by atoms with E-state index in [0.717, 1.165) is 30.0 Å². The highest BCUT2D eigenvalue weighted by Crippen LogP contribution is 2.22. The molecule has 0 radical (unpaired) electrons. The smallest absolute Gasteiger partial charge is 0.209 e. The fraction of sp³-hybridized carbons (Fsp3) is 0.385. The van der Waals surface area contributed by atoms with Gasteiger partial charge in [0.05, 0.1) is 6.66 Å². The summed E-state index contributed by atoms with van der Waals surface area (Å²) in [6, 6.07) is 0. The minimum Gasteiger partial charge on any atom is -0.332 e. The molecule has 0 aliphatic heterocycles. The minimum absolute atomic E-state index is 0.443. The third-order valence-electron chi connectivity index (χ3n) is 2.18. The number of carbonyl (C=O) groups excluding carboxylic acids is 1. The average Bonchev–Trinajstić information content (AvgIpc) is 2.27. The topological polar surface area (TPSA) is 37.3 Å². The van der Waals surface area contributed by atoms with Gasteiger partial charge < -0.3 is 5.11 Å². The summed E-state index contributed by atoms with van der Waals surface area (Å²) < 4.78 is 0. The summed E-state index contributed by atoms with van der Waals surface area (Å²) in [5, 5.41) is 8.85. The van der Waals surface area contributed by atoms with Crippen LogP contribution in [0.5, 0.6) is 0 Å². The van der Waals surface area contributed by atoms with E-state index >= 15 is 0 Å². The molecule has 0 heterocycles. The lowest BCUT2D eigenvalue weighted by Gasteiger charge is -2.03. The molecule has 3 heteroatoms. The Balaban J connectivity index is 4.73. The number of rotatable bonds is 6. The van der Waals surface area contributed by atoms with Crippen LogP contribution in [-0.4, -0.2) is 30.2 Å². The predicted molar refractivity (Wildman–Crippen MR) is 73.0 cm³/mol. The maximum absolute atomic E-state index is 11.0. The van der Waals surface area contributed by atoms with E-state index in [2.05, 4.69) is 6.58 Å². The van der Waals surface area contributed by atoms with Crippen molar-refractivity contribution in [1.82, 2.24) is 0 Å². The predicted octanol–water partition coefficient (Wildman–Crippen LogP) is 3.27. The Labute approximate surface area is 98.8 Å². The van der Waals surface area contributed by atoms with Crippen molar-refractivity contribution in [1.29, 1.82) is 0 Å². The van der Waals surface area contributed by atoms with Crippen LogP contribution in [0.4, 0.5) is 0 Å². The van der Waals surface area contributed by atoms with Crippen molar-refractivity contribution >= 4 is 19.8 Å². The van der Waals surface area contributed by atoms with Crippen molar-refractivity contribution < 1.29 is 9.90 Å². The van der Waals surface area contributed by atoms with Crippen molar-refractivity contribution in [2.75, 3.05) is 12.8 Å². The zero-order chi connectivity index (χ0) is 12.6. The summed E-state index contributed by atoms with van der Waals surface area (Å²) in [4.78, 5) is 11.0. The second kappa shape index (κ2) is 8.20. The van der Waals surface area contributed by atoms with Gasteiger partial charge in [0.25, 0.3) is 0 Å².